The first-order valence-electron chi connectivity index (χ1n) is 8.55. The Kier molecular flexibility index (Phi) is 7.51. The summed E-state index contributed by atoms with van der Waals surface area (Å²) in [6, 6.07) is 8.61. The van der Waals surface area contributed by atoms with Gasteiger partial charge in [-0.05, 0) is 18.6 Å². The lowest BCUT2D eigenvalue weighted by Crippen LogP contribution is -2.38. The number of ether oxygens (including phenoxy) is 3. The molecule has 0 fully saturated rings. The van der Waals surface area contributed by atoms with Crippen molar-refractivity contribution in [2.45, 2.75) is 6.92 Å². The molecule has 0 aliphatic rings. The van der Waals surface area contributed by atoms with E-state index in [1.165, 1.54) is 17.9 Å². The molecule has 0 unspecified atom stereocenters. The van der Waals surface area contributed by atoms with Gasteiger partial charge in [0.25, 0.3) is 11.5 Å². The van der Waals surface area contributed by atoms with Crippen LogP contribution in [0, 0.1) is 6.92 Å². The Balaban J connectivity index is 2.50. The maximum Gasteiger partial charge on any atom is 0.278 e. The van der Waals surface area contributed by atoms with Gasteiger partial charge in [0.15, 0.2) is 11.4 Å². The molecular formula is C19H25N3O5. The highest BCUT2D eigenvalue weighted by Crippen LogP contribution is 2.18. The molecule has 0 aliphatic heterocycles. The average molecular weight is 375 g/mol. The van der Waals surface area contributed by atoms with Crippen molar-refractivity contribution < 1.29 is 19.0 Å². The Labute approximate surface area is 158 Å². The van der Waals surface area contributed by atoms with Crippen LogP contribution in [0.1, 0.15) is 16.1 Å². The Hall–Kier alpha value is -2.71. The Morgan fingerprint density at radius 1 is 1.11 bits per heavy atom. The quantitative estimate of drug-likeness (QED) is 0.657. The smallest absolute Gasteiger partial charge is 0.278 e. The second-order valence-corrected chi connectivity index (χ2v) is 5.88. The Bertz CT molecular complexity index is 826. The van der Waals surface area contributed by atoms with E-state index in [0.717, 1.165) is 5.56 Å². The summed E-state index contributed by atoms with van der Waals surface area (Å²) in [6.07, 6.45) is 0. The van der Waals surface area contributed by atoms with E-state index < -0.39 is 0 Å². The summed E-state index contributed by atoms with van der Waals surface area (Å²) in [4.78, 5) is 27.1. The molecule has 0 bridgehead atoms. The molecule has 8 nitrogen and oxygen atoms in total. The van der Waals surface area contributed by atoms with Crippen LogP contribution >= 0.6 is 0 Å². The molecule has 0 aliphatic carbocycles. The topological polar surface area (TPSA) is 82.9 Å². The van der Waals surface area contributed by atoms with Gasteiger partial charge in [0.2, 0.25) is 0 Å². The van der Waals surface area contributed by atoms with Crippen LogP contribution in [0.2, 0.25) is 0 Å². The van der Waals surface area contributed by atoms with E-state index in [-0.39, 0.29) is 22.9 Å². The van der Waals surface area contributed by atoms with Crippen molar-refractivity contribution in [2.75, 3.05) is 47.6 Å². The molecule has 0 N–H and O–H groups in total. The van der Waals surface area contributed by atoms with Crippen LogP contribution in [0.15, 0.2) is 35.1 Å². The van der Waals surface area contributed by atoms with Gasteiger partial charge in [-0.15, -0.1) is 0 Å². The Morgan fingerprint density at radius 2 is 1.74 bits per heavy atom. The summed E-state index contributed by atoms with van der Waals surface area (Å²) >= 11 is 0. The summed E-state index contributed by atoms with van der Waals surface area (Å²) in [5.41, 5.74) is 1.16. The minimum atomic E-state index is -0.377. The van der Waals surface area contributed by atoms with Gasteiger partial charge in [0.1, 0.15) is 0 Å². The van der Waals surface area contributed by atoms with E-state index in [9.17, 15) is 9.59 Å². The largest absolute Gasteiger partial charge is 0.494 e. The third kappa shape index (κ3) is 4.93. The van der Waals surface area contributed by atoms with E-state index in [2.05, 4.69) is 5.10 Å². The normalized spacial score (nSPS) is 10.7. The molecule has 146 valence electrons. The van der Waals surface area contributed by atoms with Crippen molar-refractivity contribution in [1.82, 2.24) is 14.7 Å². The van der Waals surface area contributed by atoms with Gasteiger partial charge in [-0.3, -0.25) is 9.59 Å². The highest BCUT2D eigenvalue weighted by Gasteiger charge is 2.23. The molecule has 0 saturated carbocycles. The fourth-order valence-corrected chi connectivity index (χ4v) is 2.59. The highest BCUT2D eigenvalue weighted by molar-refractivity contribution is 5.94. The molecule has 0 spiro atoms. The number of rotatable bonds is 9. The van der Waals surface area contributed by atoms with E-state index >= 15 is 0 Å². The molecular weight excluding hydrogens is 350 g/mol. The van der Waals surface area contributed by atoms with Crippen molar-refractivity contribution in [2.24, 2.45) is 0 Å². The summed E-state index contributed by atoms with van der Waals surface area (Å²) in [6.45, 7) is 3.35. The zero-order valence-corrected chi connectivity index (χ0v) is 16.1. The van der Waals surface area contributed by atoms with Gasteiger partial charge in [-0.2, -0.15) is 9.78 Å². The number of aryl methyl sites for hydroxylation is 1. The second-order valence-electron chi connectivity index (χ2n) is 5.88. The van der Waals surface area contributed by atoms with E-state index in [1.807, 2.05) is 25.1 Å². The van der Waals surface area contributed by atoms with Crippen molar-refractivity contribution in [3.05, 3.63) is 51.9 Å². The average Bonchev–Trinajstić information content (AvgIpc) is 2.68. The molecule has 2 aromatic rings. The van der Waals surface area contributed by atoms with Gasteiger partial charge in [0, 0.05) is 27.3 Å². The molecule has 27 heavy (non-hydrogen) atoms. The summed E-state index contributed by atoms with van der Waals surface area (Å²) in [5, 5.41) is 4.32. The zero-order valence-electron chi connectivity index (χ0n) is 16.1. The van der Waals surface area contributed by atoms with Crippen LogP contribution in [0.4, 0.5) is 0 Å². The van der Waals surface area contributed by atoms with Gasteiger partial charge in [-0.25, -0.2) is 0 Å². The maximum absolute atomic E-state index is 13.1. The second kappa shape index (κ2) is 9.84. The minimum Gasteiger partial charge on any atom is -0.494 e. The summed E-state index contributed by atoms with van der Waals surface area (Å²) < 4.78 is 16.6. The summed E-state index contributed by atoms with van der Waals surface area (Å²) in [5.74, 6) is -0.224. The van der Waals surface area contributed by atoms with Gasteiger partial charge in [0.05, 0.1) is 32.1 Å². The molecule has 2 rings (SSSR count). The molecule has 0 radical (unpaired) electrons. The van der Waals surface area contributed by atoms with E-state index in [4.69, 9.17) is 14.2 Å². The molecule has 0 atom stereocenters. The third-order valence-corrected chi connectivity index (χ3v) is 4.08. The molecule has 1 aromatic heterocycles. The van der Waals surface area contributed by atoms with Crippen LogP contribution in [-0.4, -0.2) is 68.2 Å². The van der Waals surface area contributed by atoms with Crippen LogP contribution in [0.3, 0.4) is 0 Å². The standard InChI is InChI=1S/C19H25N3O5/c1-14-7-5-6-8-15(14)22-17(23)13-16(27-4)18(20-22)19(24)21(9-11-25-2)10-12-26-3/h5-8,13H,9-12H2,1-4H3. The number of methoxy groups -OCH3 is 3. The monoisotopic (exact) mass is 375 g/mol. The number of para-hydroxylation sites is 1. The number of amides is 1. The zero-order chi connectivity index (χ0) is 19.8. The van der Waals surface area contributed by atoms with E-state index in [1.54, 1.807) is 25.2 Å². The number of hydrogen-bond acceptors (Lipinski definition) is 6. The third-order valence-electron chi connectivity index (χ3n) is 4.08. The number of nitrogens with zero attached hydrogens (tertiary/aromatic N) is 3. The fraction of sp³-hybridized carbons (Fsp3) is 0.421. The molecule has 1 aromatic carbocycles. The first-order valence-corrected chi connectivity index (χ1v) is 8.55. The van der Waals surface area contributed by atoms with Crippen molar-refractivity contribution in [3.8, 4) is 11.4 Å². The first-order chi connectivity index (χ1) is 13.0. The lowest BCUT2D eigenvalue weighted by Gasteiger charge is -2.22. The van der Waals surface area contributed by atoms with Crippen LogP contribution < -0.4 is 10.3 Å². The highest BCUT2D eigenvalue weighted by atomic mass is 16.5. The van der Waals surface area contributed by atoms with E-state index in [0.29, 0.717) is 32.0 Å². The van der Waals surface area contributed by atoms with Crippen LogP contribution in [-0.2, 0) is 9.47 Å². The maximum atomic E-state index is 13.1. The molecule has 0 saturated heterocycles. The van der Waals surface area contributed by atoms with Crippen molar-refractivity contribution in [3.63, 3.8) is 0 Å². The van der Waals surface area contributed by atoms with Gasteiger partial charge in [-0.1, -0.05) is 18.2 Å². The molecule has 1 heterocycles. The first kappa shape index (κ1) is 20.6. The van der Waals surface area contributed by atoms with Gasteiger partial charge < -0.3 is 19.1 Å². The lowest BCUT2D eigenvalue weighted by atomic mass is 10.2. The number of carbonyl (C=O) groups is 1. The van der Waals surface area contributed by atoms with Gasteiger partial charge >= 0.3 is 0 Å². The fourth-order valence-electron chi connectivity index (χ4n) is 2.59. The number of benzene rings is 1. The number of aromatic nitrogens is 2. The van der Waals surface area contributed by atoms with Crippen molar-refractivity contribution in [1.29, 1.82) is 0 Å². The molecule has 8 heteroatoms. The lowest BCUT2D eigenvalue weighted by molar-refractivity contribution is 0.0616. The number of carbonyl (C=O) groups excluding carboxylic acids is 1. The minimum absolute atomic E-state index is 0.0626. The Morgan fingerprint density at radius 3 is 2.30 bits per heavy atom. The van der Waals surface area contributed by atoms with Crippen molar-refractivity contribution >= 4 is 5.91 Å². The predicted octanol–water partition coefficient (Wildman–Crippen LogP) is 1.28. The number of hydrogen-bond donors (Lipinski definition) is 0. The van der Waals surface area contributed by atoms with Crippen LogP contribution in [0.5, 0.6) is 5.75 Å². The van der Waals surface area contributed by atoms with Crippen LogP contribution in [0.25, 0.3) is 5.69 Å². The SMILES string of the molecule is COCCN(CCOC)C(=O)c1nn(-c2ccccc2C)c(=O)cc1OC. The predicted molar refractivity (Wildman–Crippen MR) is 101 cm³/mol. The molecule has 1 amide bonds. The summed E-state index contributed by atoms with van der Waals surface area (Å²) in [7, 11) is 4.53.